The van der Waals surface area contributed by atoms with Crippen molar-refractivity contribution in [1.82, 2.24) is 36.2 Å². The Balaban J connectivity index is 3.80. The van der Waals surface area contributed by atoms with Gasteiger partial charge in [0.05, 0.1) is 72.3 Å². The zero-order chi connectivity index (χ0) is 41.3. The summed E-state index contributed by atoms with van der Waals surface area (Å²) in [6.45, 7) is 3.17. The molecule has 0 rings (SSSR count). The molecule has 0 aliphatic rings. The van der Waals surface area contributed by atoms with E-state index < -0.39 is 54.7 Å². The van der Waals surface area contributed by atoms with E-state index in [0.29, 0.717) is 26.9 Å². The maximum absolute atomic E-state index is 12.1. The van der Waals surface area contributed by atoms with E-state index in [2.05, 4.69) is 16.0 Å². The number of ether oxygens (including phenoxy) is 5. The van der Waals surface area contributed by atoms with E-state index in [1.807, 2.05) is 6.92 Å². The summed E-state index contributed by atoms with van der Waals surface area (Å²) in [7, 11) is 0. The average Bonchev–Trinajstić information content (AvgIpc) is 3.16. The van der Waals surface area contributed by atoms with Gasteiger partial charge in [0, 0.05) is 58.8 Å². The van der Waals surface area contributed by atoms with E-state index in [1.165, 1.54) is 6.92 Å². The first-order valence-electron chi connectivity index (χ1n) is 17.9. The average molecular weight is 798 g/mol. The van der Waals surface area contributed by atoms with Gasteiger partial charge in [-0.25, -0.2) is 15.2 Å². The molecular formula is C32H59N7O16. The van der Waals surface area contributed by atoms with Gasteiger partial charge in [0.1, 0.15) is 13.3 Å². The monoisotopic (exact) mass is 797 g/mol. The molecule has 0 radical (unpaired) electrons. The van der Waals surface area contributed by atoms with Crippen LogP contribution < -0.4 is 16.0 Å². The summed E-state index contributed by atoms with van der Waals surface area (Å²) < 4.78 is 25.9. The zero-order valence-corrected chi connectivity index (χ0v) is 31.7. The first-order valence-corrected chi connectivity index (χ1v) is 17.9. The third-order valence-electron chi connectivity index (χ3n) is 6.96. The third-order valence-corrected chi connectivity index (χ3v) is 6.96. The van der Waals surface area contributed by atoms with E-state index in [4.69, 9.17) is 23.7 Å². The molecule has 0 aromatic carbocycles. The van der Waals surface area contributed by atoms with Gasteiger partial charge in [-0.15, -0.1) is 0 Å². The number of carbonyl (C=O) groups is 7. The molecule has 7 amide bonds. The number of nitrogens with one attached hydrogen (secondary N) is 3. The van der Waals surface area contributed by atoms with Crippen LogP contribution in [0.1, 0.15) is 58.8 Å². The lowest BCUT2D eigenvalue weighted by Gasteiger charge is -2.16. The van der Waals surface area contributed by atoms with Gasteiger partial charge in [0.25, 0.3) is 0 Å². The second-order valence-electron chi connectivity index (χ2n) is 11.5. The molecule has 23 heteroatoms. The summed E-state index contributed by atoms with van der Waals surface area (Å²) >= 11 is 0. The molecule has 0 saturated heterocycles. The third kappa shape index (κ3) is 29.9. The van der Waals surface area contributed by atoms with Gasteiger partial charge in [-0.05, 0) is 6.42 Å². The van der Waals surface area contributed by atoms with Crippen molar-refractivity contribution in [1.29, 1.82) is 0 Å². The molecule has 0 saturated carbocycles. The van der Waals surface area contributed by atoms with E-state index in [-0.39, 0.29) is 118 Å². The summed E-state index contributed by atoms with van der Waals surface area (Å²) in [6.07, 6.45) is 0.918. The van der Waals surface area contributed by atoms with Crippen molar-refractivity contribution in [2.24, 2.45) is 0 Å². The van der Waals surface area contributed by atoms with Gasteiger partial charge in [0.15, 0.2) is 0 Å². The first kappa shape index (κ1) is 50.9. The van der Waals surface area contributed by atoms with Gasteiger partial charge >= 0.3 is 0 Å². The molecule has 0 aromatic heterocycles. The second-order valence-corrected chi connectivity index (χ2v) is 11.5. The molecule has 0 bridgehead atoms. The Labute approximate surface area is 319 Å². The lowest BCUT2D eigenvalue weighted by atomic mass is 10.2. The fourth-order valence-corrected chi connectivity index (χ4v) is 3.81. The summed E-state index contributed by atoms with van der Waals surface area (Å²) in [5, 5.41) is 47.8. The van der Waals surface area contributed by atoms with Crippen LogP contribution in [0.5, 0.6) is 0 Å². The second kappa shape index (κ2) is 33.3. The molecule has 23 nitrogen and oxygen atoms in total. The lowest BCUT2D eigenvalue weighted by molar-refractivity contribution is -0.189. The van der Waals surface area contributed by atoms with Gasteiger partial charge in [-0.2, -0.15) is 5.06 Å². The highest BCUT2D eigenvalue weighted by molar-refractivity contribution is 5.84. The number of carbonyl (C=O) groups excluding carboxylic acids is 7. The molecule has 0 unspecified atom stereocenters. The molecule has 0 aliphatic heterocycles. The number of nitrogens with zero attached hydrogens (tertiary/aromatic N) is 4. The van der Waals surface area contributed by atoms with Gasteiger partial charge in [-0.1, -0.05) is 13.3 Å². The Morgan fingerprint density at radius 1 is 0.473 bits per heavy atom. The van der Waals surface area contributed by atoms with Crippen LogP contribution >= 0.6 is 0 Å². The van der Waals surface area contributed by atoms with Crippen LogP contribution in [0.2, 0.25) is 0 Å². The first-order chi connectivity index (χ1) is 26.3. The quantitative estimate of drug-likeness (QED) is 0.0161. The molecule has 55 heavy (non-hydrogen) atoms. The van der Waals surface area contributed by atoms with Crippen LogP contribution in [-0.2, 0) is 57.2 Å². The van der Waals surface area contributed by atoms with Crippen molar-refractivity contribution in [3.05, 3.63) is 0 Å². The fourth-order valence-electron chi connectivity index (χ4n) is 3.81. The number of hydroxylamine groups is 8. The van der Waals surface area contributed by atoms with Crippen LogP contribution in [0.3, 0.4) is 0 Å². The van der Waals surface area contributed by atoms with Crippen molar-refractivity contribution in [2.75, 3.05) is 105 Å². The number of amides is 7. The molecule has 0 fully saturated rings. The summed E-state index contributed by atoms with van der Waals surface area (Å²) in [5.41, 5.74) is 0. The van der Waals surface area contributed by atoms with Crippen molar-refractivity contribution in [3.63, 3.8) is 0 Å². The maximum atomic E-state index is 12.1. The minimum Gasteiger partial charge on any atom is -0.381 e. The summed E-state index contributed by atoms with van der Waals surface area (Å²) in [4.78, 5) is 82.3. The van der Waals surface area contributed by atoms with E-state index in [1.54, 1.807) is 0 Å². The number of hydrogen-bond acceptors (Lipinski definition) is 16. The summed E-state index contributed by atoms with van der Waals surface area (Å²) in [6, 6.07) is 0. The highest BCUT2D eigenvalue weighted by Crippen LogP contribution is 1.98. The standard InChI is InChI=1S/C32H59N7O16/c1-3-4-16-51-17-9-32(46)39(50)25-55-24-29(43)35-12-20-54-23-15-38(49)31(45)8-6-28(42)34-11-19-53-22-14-37(48)30(44)7-5-27(41)33-10-18-52-21-13-36(47)26(2)40/h47-50H,3-25H2,1-2H3,(H,33,41)(H,34,42)(H,35,43). The fraction of sp³-hybridized carbons (Fsp3) is 0.781. The predicted molar refractivity (Wildman–Crippen MR) is 186 cm³/mol. The highest BCUT2D eigenvalue weighted by atomic mass is 16.6. The van der Waals surface area contributed by atoms with E-state index >= 15 is 0 Å². The van der Waals surface area contributed by atoms with Crippen molar-refractivity contribution >= 4 is 41.4 Å². The predicted octanol–water partition coefficient (Wildman–Crippen LogP) is -1.98. The maximum Gasteiger partial charge on any atom is 0.250 e. The molecule has 0 aromatic rings. The molecule has 318 valence electrons. The van der Waals surface area contributed by atoms with Gasteiger partial charge < -0.3 is 39.6 Å². The van der Waals surface area contributed by atoms with Crippen molar-refractivity contribution < 1.29 is 78.1 Å². The Hall–Kier alpha value is -4.07. The van der Waals surface area contributed by atoms with E-state index in [0.717, 1.165) is 12.8 Å². The molecule has 0 spiro atoms. The smallest absolute Gasteiger partial charge is 0.250 e. The number of unbranched alkanes of at least 4 members (excludes halogenated alkanes) is 1. The largest absolute Gasteiger partial charge is 0.381 e. The molecule has 7 N–H and O–H groups in total. The van der Waals surface area contributed by atoms with Crippen LogP contribution in [0.4, 0.5) is 0 Å². The topological polar surface area (TPSA) is 296 Å². The number of hydrogen-bond donors (Lipinski definition) is 7. The minimum absolute atomic E-state index is 0.0147. The Morgan fingerprint density at radius 2 is 0.891 bits per heavy atom. The van der Waals surface area contributed by atoms with Crippen molar-refractivity contribution in [2.45, 2.75) is 58.8 Å². The normalized spacial score (nSPS) is 10.7. The Morgan fingerprint density at radius 3 is 1.35 bits per heavy atom. The lowest BCUT2D eigenvalue weighted by Crippen LogP contribution is -2.35. The molecule has 0 heterocycles. The van der Waals surface area contributed by atoms with E-state index in [9.17, 15) is 54.4 Å². The Bertz CT molecular complexity index is 1140. The zero-order valence-electron chi connectivity index (χ0n) is 31.7. The Kier molecular flexibility index (Phi) is 30.8. The van der Waals surface area contributed by atoms with Crippen molar-refractivity contribution in [3.8, 4) is 0 Å². The molecule has 0 aliphatic carbocycles. The molecular weight excluding hydrogens is 738 g/mol. The highest BCUT2D eigenvalue weighted by Gasteiger charge is 2.15. The van der Waals surface area contributed by atoms with Crippen LogP contribution in [0.25, 0.3) is 0 Å². The van der Waals surface area contributed by atoms with Gasteiger partial charge in [-0.3, -0.25) is 54.4 Å². The number of rotatable bonds is 34. The van der Waals surface area contributed by atoms with Crippen LogP contribution in [0.15, 0.2) is 0 Å². The summed E-state index contributed by atoms with van der Waals surface area (Å²) in [5.74, 6) is -3.95. The van der Waals surface area contributed by atoms with Gasteiger partial charge in [0.2, 0.25) is 41.4 Å². The minimum atomic E-state index is -0.711. The van der Waals surface area contributed by atoms with Crippen LogP contribution in [0, 0.1) is 0 Å². The van der Waals surface area contributed by atoms with Crippen LogP contribution in [-0.4, -0.2) is 188 Å². The molecule has 0 atom stereocenters. The SMILES string of the molecule is CCCCOCCC(=O)N(O)COCC(=O)NCCOCCN(O)C(=O)CCC(=O)NCCOCCN(O)C(=O)CCC(=O)NCCOCCN(O)C(C)=O.